The van der Waals surface area contributed by atoms with Crippen LogP contribution in [0.25, 0.3) is 0 Å². The topological polar surface area (TPSA) is 26.0 Å². The highest BCUT2D eigenvalue weighted by Gasteiger charge is 2.39. The Morgan fingerprint density at radius 2 is 2.00 bits per heavy atom. The second-order valence-corrected chi connectivity index (χ2v) is 6.41. The van der Waals surface area contributed by atoms with Crippen molar-refractivity contribution in [3.63, 3.8) is 0 Å². The van der Waals surface area contributed by atoms with E-state index in [-0.39, 0.29) is 11.2 Å². The molecule has 1 aromatic rings. The molecule has 1 nitrogen and oxygen atoms in total. The Bertz CT molecular complexity index is 430. The van der Waals surface area contributed by atoms with Crippen LogP contribution in [0.2, 0.25) is 5.02 Å². The van der Waals surface area contributed by atoms with Gasteiger partial charge in [0, 0.05) is 16.1 Å². The largest absolute Gasteiger partial charge is 0.321 e. The van der Waals surface area contributed by atoms with Crippen LogP contribution >= 0.6 is 11.6 Å². The molecular weight excluding hydrogens is 237 g/mol. The van der Waals surface area contributed by atoms with Crippen LogP contribution in [0.4, 0.5) is 4.39 Å². The van der Waals surface area contributed by atoms with Gasteiger partial charge in [0.25, 0.3) is 0 Å². The molecule has 0 radical (unpaired) electrons. The molecule has 1 aliphatic rings. The number of hydrogen-bond acceptors (Lipinski definition) is 1. The molecule has 2 rings (SSSR count). The lowest BCUT2D eigenvalue weighted by Crippen LogP contribution is -2.44. The normalized spacial score (nSPS) is 28.1. The number of rotatable bonds is 1. The lowest BCUT2D eigenvalue weighted by Gasteiger charge is -2.43. The van der Waals surface area contributed by atoms with Crippen LogP contribution in [-0.2, 0) is 5.54 Å². The third-order valence-electron chi connectivity index (χ3n) is 3.74. The predicted molar refractivity (Wildman–Crippen MR) is 69.5 cm³/mol. The molecule has 0 bridgehead atoms. The molecular formula is C14H19ClFN. The molecule has 1 aromatic carbocycles. The minimum Gasteiger partial charge on any atom is -0.321 e. The molecule has 1 atom stereocenters. The fraction of sp³-hybridized carbons (Fsp3) is 0.571. The van der Waals surface area contributed by atoms with Gasteiger partial charge in [-0.2, -0.15) is 0 Å². The summed E-state index contributed by atoms with van der Waals surface area (Å²) in [4.78, 5) is 0. The standard InChI is InChI=1S/C14H19ClFN/c1-13(2)6-3-7-14(17,9-13)11-5-4-10(15)8-12(11)16/h4-5,8H,3,6-7,9,17H2,1-2H3. The van der Waals surface area contributed by atoms with E-state index < -0.39 is 5.54 Å². The molecule has 17 heavy (non-hydrogen) atoms. The summed E-state index contributed by atoms with van der Waals surface area (Å²) in [6.07, 6.45) is 3.86. The zero-order valence-electron chi connectivity index (χ0n) is 10.4. The minimum absolute atomic E-state index is 0.180. The van der Waals surface area contributed by atoms with Gasteiger partial charge in [-0.25, -0.2) is 4.39 Å². The van der Waals surface area contributed by atoms with Crippen LogP contribution < -0.4 is 5.73 Å². The highest BCUT2D eigenvalue weighted by atomic mass is 35.5. The molecule has 1 saturated carbocycles. The first-order valence-electron chi connectivity index (χ1n) is 6.07. The average Bonchev–Trinajstić information content (AvgIpc) is 2.14. The van der Waals surface area contributed by atoms with Crippen molar-refractivity contribution in [2.24, 2.45) is 11.1 Å². The van der Waals surface area contributed by atoms with Gasteiger partial charge in [0.05, 0.1) is 0 Å². The summed E-state index contributed by atoms with van der Waals surface area (Å²) in [6.45, 7) is 4.39. The zero-order chi connectivity index (χ0) is 12.7. The second-order valence-electron chi connectivity index (χ2n) is 5.97. The molecule has 0 saturated heterocycles. The summed E-state index contributed by atoms with van der Waals surface area (Å²) in [7, 11) is 0. The monoisotopic (exact) mass is 255 g/mol. The Labute approximate surface area is 107 Å². The maximum absolute atomic E-state index is 14.0. The van der Waals surface area contributed by atoms with Gasteiger partial charge in [-0.1, -0.05) is 37.9 Å². The lowest BCUT2D eigenvalue weighted by molar-refractivity contribution is 0.148. The molecule has 1 unspecified atom stereocenters. The van der Waals surface area contributed by atoms with Crippen LogP contribution in [0.1, 0.15) is 45.1 Å². The van der Waals surface area contributed by atoms with Gasteiger partial charge >= 0.3 is 0 Å². The number of hydrogen-bond donors (Lipinski definition) is 1. The molecule has 1 aliphatic carbocycles. The number of benzene rings is 1. The first-order chi connectivity index (χ1) is 7.82. The summed E-state index contributed by atoms with van der Waals surface area (Å²) < 4.78 is 14.0. The minimum atomic E-state index is -0.545. The van der Waals surface area contributed by atoms with Gasteiger partial charge < -0.3 is 5.73 Å². The predicted octanol–water partition coefficient (Wildman–Crippen LogP) is 4.23. The smallest absolute Gasteiger partial charge is 0.129 e. The Morgan fingerprint density at radius 3 is 2.59 bits per heavy atom. The van der Waals surface area contributed by atoms with E-state index in [9.17, 15) is 4.39 Å². The van der Waals surface area contributed by atoms with Crippen molar-refractivity contribution in [1.29, 1.82) is 0 Å². The zero-order valence-corrected chi connectivity index (χ0v) is 11.1. The van der Waals surface area contributed by atoms with Crippen LogP contribution in [0.15, 0.2) is 18.2 Å². The molecule has 2 N–H and O–H groups in total. The molecule has 0 aliphatic heterocycles. The van der Waals surface area contributed by atoms with E-state index in [0.717, 1.165) is 25.7 Å². The maximum atomic E-state index is 14.0. The first kappa shape index (κ1) is 12.8. The van der Waals surface area contributed by atoms with Gasteiger partial charge in [-0.05, 0) is 36.8 Å². The summed E-state index contributed by atoms with van der Waals surface area (Å²) >= 11 is 5.78. The molecule has 0 amide bonds. The van der Waals surface area contributed by atoms with E-state index in [2.05, 4.69) is 13.8 Å². The van der Waals surface area contributed by atoms with Crippen LogP contribution in [0, 0.1) is 11.2 Å². The Hall–Kier alpha value is -0.600. The summed E-state index contributed by atoms with van der Waals surface area (Å²) in [6, 6.07) is 4.81. The molecule has 0 spiro atoms. The van der Waals surface area contributed by atoms with Crippen LogP contribution in [0.5, 0.6) is 0 Å². The number of halogens is 2. The van der Waals surface area contributed by atoms with Gasteiger partial charge in [-0.15, -0.1) is 0 Å². The molecule has 94 valence electrons. The van der Waals surface area contributed by atoms with Crippen molar-refractivity contribution < 1.29 is 4.39 Å². The Morgan fingerprint density at radius 1 is 1.29 bits per heavy atom. The fourth-order valence-electron chi connectivity index (χ4n) is 3.04. The summed E-state index contributed by atoms with van der Waals surface area (Å²) in [5, 5.41) is 0.421. The van der Waals surface area contributed by atoms with Crippen molar-refractivity contribution in [1.82, 2.24) is 0 Å². The van der Waals surface area contributed by atoms with Crippen molar-refractivity contribution in [2.45, 2.75) is 45.1 Å². The molecule has 0 aromatic heterocycles. The fourth-order valence-corrected chi connectivity index (χ4v) is 3.20. The Balaban J connectivity index is 2.37. The van der Waals surface area contributed by atoms with Crippen molar-refractivity contribution in [3.8, 4) is 0 Å². The van der Waals surface area contributed by atoms with Crippen LogP contribution in [0.3, 0.4) is 0 Å². The van der Waals surface area contributed by atoms with Gasteiger partial charge in [0.1, 0.15) is 5.82 Å². The van der Waals surface area contributed by atoms with E-state index >= 15 is 0 Å². The average molecular weight is 256 g/mol. The first-order valence-corrected chi connectivity index (χ1v) is 6.45. The van der Waals surface area contributed by atoms with Crippen molar-refractivity contribution in [2.75, 3.05) is 0 Å². The quantitative estimate of drug-likeness (QED) is 0.798. The lowest BCUT2D eigenvalue weighted by atomic mass is 9.66. The summed E-state index contributed by atoms with van der Waals surface area (Å²) in [5.41, 5.74) is 6.66. The second kappa shape index (κ2) is 4.25. The Kier molecular flexibility index (Phi) is 3.21. The third-order valence-corrected chi connectivity index (χ3v) is 3.97. The number of nitrogens with two attached hydrogens (primary N) is 1. The van der Waals surface area contributed by atoms with E-state index in [1.807, 2.05) is 0 Å². The van der Waals surface area contributed by atoms with Gasteiger partial charge in [0.15, 0.2) is 0 Å². The van der Waals surface area contributed by atoms with E-state index in [1.165, 1.54) is 6.07 Å². The van der Waals surface area contributed by atoms with E-state index in [1.54, 1.807) is 12.1 Å². The van der Waals surface area contributed by atoms with Crippen molar-refractivity contribution >= 4 is 11.6 Å². The van der Waals surface area contributed by atoms with E-state index in [0.29, 0.717) is 10.6 Å². The molecule has 0 heterocycles. The highest BCUT2D eigenvalue weighted by molar-refractivity contribution is 6.30. The highest BCUT2D eigenvalue weighted by Crippen LogP contribution is 2.45. The van der Waals surface area contributed by atoms with Gasteiger partial charge in [-0.3, -0.25) is 0 Å². The molecule has 3 heteroatoms. The van der Waals surface area contributed by atoms with Crippen molar-refractivity contribution in [3.05, 3.63) is 34.6 Å². The van der Waals surface area contributed by atoms with Gasteiger partial charge in [0.2, 0.25) is 0 Å². The molecule has 1 fully saturated rings. The summed E-state index contributed by atoms with van der Waals surface area (Å²) in [5.74, 6) is -0.280. The van der Waals surface area contributed by atoms with E-state index in [4.69, 9.17) is 17.3 Å². The SMILES string of the molecule is CC1(C)CCCC(N)(c2ccc(Cl)cc2F)C1. The maximum Gasteiger partial charge on any atom is 0.129 e. The third kappa shape index (κ3) is 2.63. The van der Waals surface area contributed by atoms with Crippen LogP contribution in [-0.4, -0.2) is 0 Å².